The molecule has 0 atom stereocenters. The molecule has 0 fully saturated rings. The first-order valence-electron chi connectivity index (χ1n) is 3.72. The summed E-state index contributed by atoms with van der Waals surface area (Å²) in [5.74, 6) is 0. The minimum atomic E-state index is -0.254. The molecule has 1 aromatic carbocycles. The number of benzene rings is 1. The summed E-state index contributed by atoms with van der Waals surface area (Å²) in [6.07, 6.45) is 1.92. The van der Waals surface area contributed by atoms with Gasteiger partial charge < -0.3 is 0 Å². The molecule has 12 heavy (non-hydrogen) atoms. The molecule has 0 saturated heterocycles. The van der Waals surface area contributed by atoms with Crippen LogP contribution in [-0.2, 0) is 0 Å². The van der Waals surface area contributed by atoms with Crippen molar-refractivity contribution in [2.75, 3.05) is 0 Å². The van der Waals surface area contributed by atoms with Gasteiger partial charge in [-0.2, -0.15) is 0 Å². The Hall–Kier alpha value is 0.137. The van der Waals surface area contributed by atoms with Crippen molar-refractivity contribution in [3.05, 3.63) is 36.4 Å². The Labute approximate surface area is 92.1 Å². The van der Waals surface area contributed by atoms with Crippen LogP contribution < -0.4 is 5.19 Å². The van der Waals surface area contributed by atoms with Gasteiger partial charge >= 0.3 is 0 Å². The number of halogens is 2. The van der Waals surface area contributed by atoms with Crippen molar-refractivity contribution in [3.8, 4) is 0 Å². The molecule has 1 rings (SSSR count). The molecule has 0 aliphatic rings. The first kappa shape index (κ1) is 10.2. The number of hydrogen-bond acceptors (Lipinski definition) is 0. The predicted octanol–water partition coefficient (Wildman–Crippen LogP) is 2.20. The molecule has 1 aromatic rings. The Kier molecular flexibility index (Phi) is 4.25. The summed E-state index contributed by atoms with van der Waals surface area (Å²) in [7, 11) is -0.254. The largest absolute Gasteiger partial charge is 0.0985 e. The lowest BCUT2D eigenvalue weighted by molar-refractivity contribution is 1.71. The third-order valence-corrected chi connectivity index (χ3v) is 4.98. The molecular formula is C9H10Br2Si. The highest BCUT2D eigenvalue weighted by molar-refractivity contribution is 9.25. The fourth-order valence-electron chi connectivity index (χ4n) is 1.09. The van der Waals surface area contributed by atoms with Crippen molar-refractivity contribution in [3.63, 3.8) is 0 Å². The molecule has 64 valence electrons. The average molecular weight is 306 g/mol. The van der Waals surface area contributed by atoms with Crippen LogP contribution in [0, 0.1) is 0 Å². The maximum Gasteiger partial charge on any atom is 0.0841 e. The standard InChI is InChI=1S/C9H10Br2Si/c1-2-7-5-3-4-6-8(7)12-9(10)11/h2-6,9H,1,12H2. The second kappa shape index (κ2) is 4.99. The van der Waals surface area contributed by atoms with Gasteiger partial charge in [0.05, 0.1) is 12.9 Å². The van der Waals surface area contributed by atoms with Gasteiger partial charge in [-0.05, 0) is 5.56 Å². The summed E-state index contributed by atoms with van der Waals surface area (Å²) in [5, 5.41) is 1.45. The molecule has 0 radical (unpaired) electrons. The molecule has 0 N–H and O–H groups in total. The van der Waals surface area contributed by atoms with E-state index in [0.29, 0.717) is 3.36 Å². The summed E-state index contributed by atoms with van der Waals surface area (Å²) < 4.78 is 0.478. The Morgan fingerprint density at radius 2 is 2.00 bits per heavy atom. The normalized spacial score (nSPS) is 11.2. The zero-order valence-corrected chi connectivity index (χ0v) is 11.2. The van der Waals surface area contributed by atoms with E-state index in [1.54, 1.807) is 0 Å². The van der Waals surface area contributed by atoms with E-state index < -0.39 is 0 Å². The quantitative estimate of drug-likeness (QED) is 0.593. The lowest BCUT2D eigenvalue weighted by Gasteiger charge is -2.04. The fraction of sp³-hybridized carbons (Fsp3) is 0.111. The van der Waals surface area contributed by atoms with Crippen molar-refractivity contribution in [2.45, 2.75) is 3.36 Å². The summed E-state index contributed by atoms with van der Waals surface area (Å²) in [5.41, 5.74) is 1.27. The van der Waals surface area contributed by atoms with Gasteiger partial charge in [0.15, 0.2) is 0 Å². The van der Waals surface area contributed by atoms with Crippen molar-refractivity contribution < 1.29 is 0 Å². The van der Waals surface area contributed by atoms with E-state index in [9.17, 15) is 0 Å². The second-order valence-corrected chi connectivity index (χ2v) is 10.3. The lowest BCUT2D eigenvalue weighted by atomic mass is 10.2. The maximum atomic E-state index is 3.79. The Balaban J connectivity index is 2.89. The molecule has 3 heteroatoms. The molecule has 0 heterocycles. The topological polar surface area (TPSA) is 0 Å². The Bertz CT molecular complexity index is 271. The SMILES string of the molecule is C=Cc1ccccc1[SiH2]C(Br)Br. The van der Waals surface area contributed by atoms with Gasteiger partial charge in [-0.25, -0.2) is 0 Å². The maximum absolute atomic E-state index is 3.79. The molecule has 0 bridgehead atoms. The summed E-state index contributed by atoms with van der Waals surface area (Å²) in [6.45, 7) is 3.79. The van der Waals surface area contributed by atoms with Crippen LogP contribution in [0.1, 0.15) is 5.56 Å². The van der Waals surface area contributed by atoms with Gasteiger partial charge in [-0.1, -0.05) is 74.0 Å². The van der Waals surface area contributed by atoms with E-state index >= 15 is 0 Å². The molecule has 0 aromatic heterocycles. The highest BCUT2D eigenvalue weighted by Crippen LogP contribution is 2.07. The zero-order chi connectivity index (χ0) is 8.97. The lowest BCUT2D eigenvalue weighted by Crippen LogP contribution is -2.22. The third kappa shape index (κ3) is 2.88. The average Bonchev–Trinajstić information content (AvgIpc) is 2.04. The molecule has 0 spiro atoms. The van der Waals surface area contributed by atoms with E-state index in [2.05, 4.69) is 56.6 Å². The van der Waals surface area contributed by atoms with Crippen LogP contribution in [0.2, 0.25) is 0 Å². The van der Waals surface area contributed by atoms with Gasteiger partial charge in [0, 0.05) is 0 Å². The van der Waals surface area contributed by atoms with Crippen molar-refractivity contribution in [2.24, 2.45) is 0 Å². The van der Waals surface area contributed by atoms with Gasteiger partial charge in [-0.15, -0.1) is 0 Å². The van der Waals surface area contributed by atoms with Crippen molar-refractivity contribution >= 4 is 52.6 Å². The number of hydrogen-bond donors (Lipinski definition) is 0. The molecule has 0 aliphatic heterocycles. The zero-order valence-electron chi connectivity index (χ0n) is 6.63. The van der Waals surface area contributed by atoms with Crippen LogP contribution in [0.4, 0.5) is 0 Å². The Morgan fingerprint density at radius 1 is 1.33 bits per heavy atom. The molecule has 0 saturated carbocycles. The van der Waals surface area contributed by atoms with Gasteiger partial charge in [0.2, 0.25) is 0 Å². The highest BCUT2D eigenvalue weighted by Gasteiger charge is 2.03. The minimum Gasteiger partial charge on any atom is -0.0985 e. The third-order valence-electron chi connectivity index (χ3n) is 1.65. The van der Waals surface area contributed by atoms with Crippen molar-refractivity contribution in [1.82, 2.24) is 0 Å². The number of alkyl halides is 2. The molecule has 0 nitrogen and oxygen atoms in total. The number of rotatable bonds is 3. The summed E-state index contributed by atoms with van der Waals surface area (Å²) in [4.78, 5) is 0. The van der Waals surface area contributed by atoms with E-state index in [-0.39, 0.29) is 9.52 Å². The fourth-order valence-corrected chi connectivity index (χ4v) is 4.28. The first-order chi connectivity index (χ1) is 5.74. The monoisotopic (exact) mass is 304 g/mol. The van der Waals surface area contributed by atoms with E-state index in [4.69, 9.17) is 0 Å². The highest BCUT2D eigenvalue weighted by atomic mass is 79.9. The van der Waals surface area contributed by atoms with Crippen LogP contribution in [0.25, 0.3) is 6.08 Å². The van der Waals surface area contributed by atoms with Gasteiger partial charge in [0.25, 0.3) is 0 Å². The molecule has 0 unspecified atom stereocenters. The second-order valence-electron chi connectivity index (χ2n) is 2.50. The first-order valence-corrected chi connectivity index (χ1v) is 7.08. The summed E-state index contributed by atoms with van der Waals surface area (Å²) >= 11 is 7.04. The minimum absolute atomic E-state index is 0.254. The smallest absolute Gasteiger partial charge is 0.0841 e. The van der Waals surface area contributed by atoms with Gasteiger partial charge in [0.1, 0.15) is 0 Å². The van der Waals surface area contributed by atoms with E-state index in [1.807, 2.05) is 12.1 Å². The van der Waals surface area contributed by atoms with E-state index in [1.165, 1.54) is 10.8 Å². The van der Waals surface area contributed by atoms with Crippen molar-refractivity contribution in [1.29, 1.82) is 0 Å². The van der Waals surface area contributed by atoms with Crippen LogP contribution in [0.3, 0.4) is 0 Å². The predicted molar refractivity (Wildman–Crippen MR) is 66.4 cm³/mol. The Morgan fingerprint density at radius 3 is 2.58 bits per heavy atom. The summed E-state index contributed by atoms with van der Waals surface area (Å²) in [6, 6.07) is 8.42. The van der Waals surface area contributed by atoms with Crippen LogP contribution in [-0.4, -0.2) is 12.9 Å². The van der Waals surface area contributed by atoms with Crippen LogP contribution in [0.15, 0.2) is 30.8 Å². The van der Waals surface area contributed by atoms with Crippen LogP contribution >= 0.6 is 31.9 Å². The van der Waals surface area contributed by atoms with E-state index in [0.717, 1.165) is 0 Å². The molecule has 0 aliphatic carbocycles. The molecule has 0 amide bonds. The van der Waals surface area contributed by atoms with Gasteiger partial charge in [-0.3, -0.25) is 0 Å². The molecular weight excluding hydrogens is 296 g/mol. The van der Waals surface area contributed by atoms with Crippen LogP contribution in [0.5, 0.6) is 0 Å².